The molecule has 148 valence electrons. The van der Waals surface area contributed by atoms with E-state index in [2.05, 4.69) is 5.32 Å². The van der Waals surface area contributed by atoms with Crippen molar-refractivity contribution in [2.45, 2.75) is 58.1 Å². The van der Waals surface area contributed by atoms with Crippen molar-refractivity contribution < 1.29 is 18.7 Å². The zero-order chi connectivity index (χ0) is 19.8. The van der Waals surface area contributed by atoms with Gasteiger partial charge in [0.25, 0.3) is 0 Å². The van der Waals surface area contributed by atoms with Crippen LogP contribution < -0.4 is 15.1 Å². The van der Waals surface area contributed by atoms with Gasteiger partial charge in [-0.05, 0) is 64.2 Å². The van der Waals surface area contributed by atoms with Crippen LogP contribution in [0.15, 0.2) is 12.1 Å². The van der Waals surface area contributed by atoms with Gasteiger partial charge >= 0.3 is 6.09 Å². The molecule has 0 spiro atoms. The molecule has 6 nitrogen and oxygen atoms in total. The Bertz CT molecular complexity index is 739. The summed E-state index contributed by atoms with van der Waals surface area (Å²) in [5, 5.41) is 2.66. The van der Waals surface area contributed by atoms with E-state index in [0.717, 1.165) is 31.5 Å². The van der Waals surface area contributed by atoms with Crippen LogP contribution in [0.4, 0.5) is 20.6 Å². The number of alkyl carbamates (subject to hydrolysis) is 1. The van der Waals surface area contributed by atoms with Gasteiger partial charge in [-0.1, -0.05) is 0 Å². The average Bonchev–Trinajstić information content (AvgIpc) is 3.06. The number of nitrogens with zero attached hydrogens (tertiary/aromatic N) is 2. The molecule has 7 heteroatoms. The molecule has 0 aromatic heterocycles. The van der Waals surface area contributed by atoms with Gasteiger partial charge in [-0.3, -0.25) is 4.79 Å². The van der Waals surface area contributed by atoms with Crippen LogP contribution in [0.25, 0.3) is 0 Å². The van der Waals surface area contributed by atoms with Crippen molar-refractivity contribution in [1.82, 2.24) is 5.32 Å². The fourth-order valence-corrected chi connectivity index (χ4v) is 3.66. The minimum absolute atomic E-state index is 0.224. The summed E-state index contributed by atoms with van der Waals surface area (Å²) in [7, 11) is 1.67. The highest BCUT2D eigenvalue weighted by Crippen LogP contribution is 2.34. The average molecular weight is 377 g/mol. The normalized spacial score (nSPS) is 20.3. The maximum absolute atomic E-state index is 14.6. The highest BCUT2D eigenvalue weighted by molar-refractivity contribution is 6.00. The third kappa shape index (κ3) is 4.34. The number of rotatable bonds is 2. The largest absolute Gasteiger partial charge is 0.444 e. The maximum Gasteiger partial charge on any atom is 0.408 e. The van der Waals surface area contributed by atoms with Crippen LogP contribution in [-0.2, 0) is 16.0 Å². The Morgan fingerprint density at radius 1 is 1.22 bits per heavy atom. The van der Waals surface area contributed by atoms with Gasteiger partial charge in [0.2, 0.25) is 5.91 Å². The molecule has 0 unspecified atom stereocenters. The van der Waals surface area contributed by atoms with Crippen LogP contribution in [-0.4, -0.2) is 43.8 Å². The molecule has 0 saturated carbocycles. The number of likely N-dealkylation sites (N-methyl/N-ethyl adjacent to an activating group) is 1. The number of fused-ring (bicyclic) bond motifs is 1. The molecule has 1 atom stereocenters. The first-order valence-corrected chi connectivity index (χ1v) is 9.50. The van der Waals surface area contributed by atoms with E-state index >= 15 is 0 Å². The van der Waals surface area contributed by atoms with Crippen LogP contribution in [0, 0.1) is 5.82 Å². The summed E-state index contributed by atoms with van der Waals surface area (Å²) >= 11 is 0. The Balaban J connectivity index is 1.81. The number of nitrogens with one attached hydrogen (secondary N) is 1. The molecule has 1 fully saturated rings. The molecule has 0 aliphatic carbocycles. The Morgan fingerprint density at radius 3 is 2.52 bits per heavy atom. The molecule has 27 heavy (non-hydrogen) atoms. The third-order valence-electron chi connectivity index (χ3n) is 4.98. The van der Waals surface area contributed by atoms with Crippen LogP contribution in [0.5, 0.6) is 0 Å². The van der Waals surface area contributed by atoms with E-state index in [4.69, 9.17) is 4.74 Å². The Labute approximate surface area is 159 Å². The van der Waals surface area contributed by atoms with Gasteiger partial charge in [0, 0.05) is 25.8 Å². The summed E-state index contributed by atoms with van der Waals surface area (Å²) in [6.07, 6.45) is 2.38. The van der Waals surface area contributed by atoms with E-state index in [1.54, 1.807) is 33.9 Å². The molecule has 1 aromatic carbocycles. The molecule has 0 bridgehead atoms. The topological polar surface area (TPSA) is 61.9 Å². The van der Waals surface area contributed by atoms with E-state index in [-0.39, 0.29) is 11.7 Å². The number of halogens is 1. The van der Waals surface area contributed by atoms with E-state index in [1.807, 2.05) is 4.90 Å². The number of anilines is 2. The summed E-state index contributed by atoms with van der Waals surface area (Å²) in [5.74, 6) is -0.478. The quantitative estimate of drug-likeness (QED) is 0.860. The van der Waals surface area contributed by atoms with Crippen molar-refractivity contribution in [2.24, 2.45) is 0 Å². The van der Waals surface area contributed by atoms with E-state index in [9.17, 15) is 14.0 Å². The van der Waals surface area contributed by atoms with Gasteiger partial charge in [-0.15, -0.1) is 0 Å². The summed E-state index contributed by atoms with van der Waals surface area (Å²) in [4.78, 5) is 28.5. The van der Waals surface area contributed by atoms with Crippen molar-refractivity contribution in [2.75, 3.05) is 29.9 Å². The smallest absolute Gasteiger partial charge is 0.408 e. The third-order valence-corrected chi connectivity index (χ3v) is 4.98. The Morgan fingerprint density at radius 2 is 1.89 bits per heavy atom. The number of aryl methyl sites for hydroxylation is 1. The minimum atomic E-state index is -0.699. The number of carbonyl (C=O) groups excluding carboxylic acids is 2. The molecule has 2 aliphatic rings. The van der Waals surface area contributed by atoms with Crippen molar-refractivity contribution in [3.8, 4) is 0 Å². The van der Waals surface area contributed by atoms with Crippen molar-refractivity contribution in [1.29, 1.82) is 0 Å². The lowest BCUT2D eigenvalue weighted by Gasteiger charge is -2.26. The molecule has 1 aromatic rings. The highest BCUT2D eigenvalue weighted by Gasteiger charge is 2.32. The van der Waals surface area contributed by atoms with Crippen LogP contribution in [0.2, 0.25) is 0 Å². The lowest BCUT2D eigenvalue weighted by atomic mass is 10.0. The molecule has 3 rings (SSSR count). The van der Waals surface area contributed by atoms with Gasteiger partial charge in [-0.2, -0.15) is 0 Å². The number of hydrogen-bond acceptors (Lipinski definition) is 4. The monoisotopic (exact) mass is 377 g/mol. The van der Waals surface area contributed by atoms with Gasteiger partial charge in [-0.25, -0.2) is 9.18 Å². The lowest BCUT2D eigenvalue weighted by molar-refractivity contribution is -0.120. The number of hydrogen-bond donors (Lipinski definition) is 1. The fraction of sp³-hybridized carbons (Fsp3) is 0.600. The molecule has 0 radical (unpaired) electrons. The summed E-state index contributed by atoms with van der Waals surface area (Å²) < 4.78 is 19.9. The Kier molecular flexibility index (Phi) is 5.31. The molecular formula is C20H28FN3O3. The number of benzene rings is 1. The van der Waals surface area contributed by atoms with Crippen molar-refractivity contribution in [3.05, 3.63) is 23.5 Å². The maximum atomic E-state index is 14.6. The zero-order valence-corrected chi connectivity index (χ0v) is 16.5. The van der Waals surface area contributed by atoms with Gasteiger partial charge in [0.15, 0.2) is 0 Å². The van der Waals surface area contributed by atoms with E-state index in [0.29, 0.717) is 24.2 Å². The standard InChI is InChI=1S/C20H28FN3O3/c1-20(2,3)27-19(26)22-15-8-7-13-11-14(21)17(24-9-5-6-10-24)12-16(13)23(4)18(15)25/h11-12,15H,5-10H2,1-4H3,(H,22,26)/t15-/m0/s1. The minimum Gasteiger partial charge on any atom is -0.444 e. The fourth-order valence-electron chi connectivity index (χ4n) is 3.66. The molecule has 1 N–H and O–H groups in total. The number of amides is 2. The lowest BCUT2D eigenvalue weighted by Crippen LogP contribution is -2.48. The molecule has 2 aliphatic heterocycles. The molecular weight excluding hydrogens is 349 g/mol. The second kappa shape index (κ2) is 7.37. The Hall–Kier alpha value is -2.31. The second-order valence-electron chi connectivity index (χ2n) is 8.26. The summed E-state index contributed by atoms with van der Waals surface area (Å²) in [6.45, 7) is 6.97. The number of ether oxygens (including phenoxy) is 1. The van der Waals surface area contributed by atoms with Crippen LogP contribution >= 0.6 is 0 Å². The first-order chi connectivity index (χ1) is 12.7. The van der Waals surface area contributed by atoms with Gasteiger partial charge in [0.1, 0.15) is 17.5 Å². The predicted octanol–water partition coefficient (Wildman–Crippen LogP) is 3.23. The molecule has 2 heterocycles. The summed E-state index contributed by atoms with van der Waals surface area (Å²) in [6, 6.07) is 2.60. The SMILES string of the molecule is CN1C(=O)[C@@H](NC(=O)OC(C)(C)C)CCc2cc(F)c(N3CCCC3)cc21. The van der Waals surface area contributed by atoms with Gasteiger partial charge < -0.3 is 19.9 Å². The van der Waals surface area contributed by atoms with Crippen molar-refractivity contribution >= 4 is 23.4 Å². The van der Waals surface area contributed by atoms with E-state index in [1.165, 1.54) is 11.0 Å². The van der Waals surface area contributed by atoms with Crippen molar-refractivity contribution in [3.63, 3.8) is 0 Å². The highest BCUT2D eigenvalue weighted by atomic mass is 19.1. The molecule has 1 saturated heterocycles. The zero-order valence-electron chi connectivity index (χ0n) is 16.5. The summed E-state index contributed by atoms with van der Waals surface area (Å²) in [5.41, 5.74) is 1.39. The number of carbonyl (C=O) groups is 2. The molecule has 2 amide bonds. The van der Waals surface area contributed by atoms with E-state index < -0.39 is 17.7 Å². The van der Waals surface area contributed by atoms with Crippen LogP contribution in [0.1, 0.15) is 45.6 Å². The predicted molar refractivity (Wildman–Crippen MR) is 103 cm³/mol. The first-order valence-electron chi connectivity index (χ1n) is 9.50. The second-order valence-corrected chi connectivity index (χ2v) is 8.26. The first kappa shape index (κ1) is 19.5. The van der Waals surface area contributed by atoms with Crippen LogP contribution in [0.3, 0.4) is 0 Å². The van der Waals surface area contributed by atoms with Gasteiger partial charge in [0.05, 0.1) is 5.69 Å².